The Labute approximate surface area is 102 Å². The third kappa shape index (κ3) is 2.81. The van der Waals surface area contributed by atoms with Crippen molar-refractivity contribution in [2.45, 2.75) is 32.2 Å². The van der Waals surface area contributed by atoms with E-state index < -0.39 is 0 Å². The molecule has 1 unspecified atom stereocenters. The van der Waals surface area contributed by atoms with Crippen LogP contribution in [0.2, 0.25) is 0 Å². The van der Waals surface area contributed by atoms with Gasteiger partial charge >= 0.3 is 0 Å². The zero-order valence-corrected chi connectivity index (χ0v) is 11.2. The second kappa shape index (κ2) is 5.25. The molecule has 4 heteroatoms. The summed E-state index contributed by atoms with van der Waals surface area (Å²) in [7, 11) is 2.21. The molecule has 0 radical (unpaired) electrons. The molecule has 3 nitrogen and oxygen atoms in total. The van der Waals surface area contributed by atoms with Crippen molar-refractivity contribution in [1.82, 2.24) is 15.2 Å². The van der Waals surface area contributed by atoms with Crippen molar-refractivity contribution in [3.8, 4) is 0 Å². The minimum Gasteiger partial charge on any atom is -0.314 e. The Hall–Kier alpha value is -0.450. The van der Waals surface area contributed by atoms with Crippen LogP contribution in [0.15, 0.2) is 5.38 Å². The Morgan fingerprint density at radius 3 is 3.06 bits per heavy atom. The molecule has 2 heterocycles. The Bertz CT molecular complexity index is 335. The van der Waals surface area contributed by atoms with Gasteiger partial charge in [-0.15, -0.1) is 11.3 Å². The second-order valence-corrected chi connectivity index (χ2v) is 5.76. The molecule has 0 amide bonds. The predicted octanol–water partition coefficient (Wildman–Crippen LogP) is 1.71. The third-order valence-electron chi connectivity index (χ3n) is 3.15. The molecule has 0 spiro atoms. The predicted molar refractivity (Wildman–Crippen MR) is 69.2 cm³/mol. The Morgan fingerprint density at radius 1 is 1.62 bits per heavy atom. The van der Waals surface area contributed by atoms with E-state index in [-0.39, 0.29) is 0 Å². The number of aromatic nitrogens is 1. The quantitative estimate of drug-likeness (QED) is 0.870. The van der Waals surface area contributed by atoms with Crippen LogP contribution in [-0.2, 0) is 6.42 Å². The molecule has 1 aromatic rings. The Balaban J connectivity index is 1.97. The number of hydrogen-bond donors (Lipinski definition) is 1. The number of likely N-dealkylation sites (N-methyl/N-ethyl adjacent to an activating group) is 1. The highest BCUT2D eigenvalue weighted by molar-refractivity contribution is 7.09. The van der Waals surface area contributed by atoms with Crippen molar-refractivity contribution in [2.24, 2.45) is 0 Å². The topological polar surface area (TPSA) is 28.2 Å². The zero-order chi connectivity index (χ0) is 11.5. The summed E-state index contributed by atoms with van der Waals surface area (Å²) in [6.45, 7) is 7.76. The first-order valence-electron chi connectivity index (χ1n) is 6.02. The van der Waals surface area contributed by atoms with Gasteiger partial charge in [-0.1, -0.05) is 13.8 Å². The Kier molecular flexibility index (Phi) is 3.95. The summed E-state index contributed by atoms with van der Waals surface area (Å²) in [5, 5.41) is 6.93. The van der Waals surface area contributed by atoms with Crippen molar-refractivity contribution in [3.63, 3.8) is 0 Å². The maximum absolute atomic E-state index is 4.70. The lowest BCUT2D eigenvalue weighted by atomic mass is 10.1. The minimum absolute atomic E-state index is 0.556. The van der Waals surface area contributed by atoms with Crippen LogP contribution < -0.4 is 5.32 Å². The highest BCUT2D eigenvalue weighted by Crippen LogP contribution is 2.20. The molecule has 16 heavy (non-hydrogen) atoms. The normalized spacial score (nSPS) is 22.9. The van der Waals surface area contributed by atoms with Gasteiger partial charge in [-0.3, -0.25) is 0 Å². The Morgan fingerprint density at radius 2 is 2.44 bits per heavy atom. The molecule has 0 saturated carbocycles. The van der Waals surface area contributed by atoms with E-state index in [4.69, 9.17) is 4.98 Å². The molecule has 1 saturated heterocycles. The summed E-state index contributed by atoms with van der Waals surface area (Å²) in [5.41, 5.74) is 1.26. The highest BCUT2D eigenvalue weighted by atomic mass is 32.1. The van der Waals surface area contributed by atoms with Crippen molar-refractivity contribution in [2.75, 3.05) is 26.7 Å². The van der Waals surface area contributed by atoms with Gasteiger partial charge in [0.2, 0.25) is 0 Å². The number of rotatable bonds is 3. The fourth-order valence-corrected chi connectivity index (χ4v) is 2.86. The summed E-state index contributed by atoms with van der Waals surface area (Å²) in [4.78, 5) is 7.14. The van der Waals surface area contributed by atoms with Gasteiger partial charge in [-0.25, -0.2) is 4.98 Å². The molecule has 1 aliphatic rings. The molecule has 0 aliphatic carbocycles. The third-order valence-corrected chi connectivity index (χ3v) is 4.35. The largest absolute Gasteiger partial charge is 0.314 e. The van der Waals surface area contributed by atoms with Gasteiger partial charge in [0.1, 0.15) is 0 Å². The van der Waals surface area contributed by atoms with E-state index in [0.717, 1.165) is 26.1 Å². The minimum atomic E-state index is 0.556. The smallest absolute Gasteiger partial charge is 0.0953 e. The number of piperazine rings is 1. The molecule has 0 aromatic carbocycles. The number of thiazole rings is 1. The molecule has 0 bridgehead atoms. The molecule has 1 N–H and O–H groups in total. The first-order valence-corrected chi connectivity index (χ1v) is 6.90. The maximum atomic E-state index is 4.70. The summed E-state index contributed by atoms with van der Waals surface area (Å²) >= 11 is 1.80. The molecule has 1 fully saturated rings. The number of nitrogens with zero attached hydrogens (tertiary/aromatic N) is 2. The van der Waals surface area contributed by atoms with Gasteiger partial charge in [-0.05, 0) is 7.05 Å². The standard InChI is InChI=1S/C12H21N3S/c1-9(2)12-14-10(8-16-12)6-11-7-13-4-5-15(11)3/h8-9,11,13H,4-7H2,1-3H3. The van der Waals surface area contributed by atoms with Gasteiger partial charge in [0.05, 0.1) is 10.7 Å². The SMILES string of the molecule is CC(C)c1nc(CC2CNCCN2C)cs1. The number of hydrogen-bond acceptors (Lipinski definition) is 4. The fraction of sp³-hybridized carbons (Fsp3) is 0.750. The van der Waals surface area contributed by atoms with E-state index in [1.165, 1.54) is 10.7 Å². The van der Waals surface area contributed by atoms with Crippen LogP contribution in [0.3, 0.4) is 0 Å². The van der Waals surface area contributed by atoms with E-state index in [9.17, 15) is 0 Å². The van der Waals surface area contributed by atoms with Gasteiger partial charge in [0.25, 0.3) is 0 Å². The lowest BCUT2D eigenvalue weighted by molar-refractivity contribution is 0.198. The number of nitrogens with one attached hydrogen (secondary N) is 1. The average molecular weight is 239 g/mol. The van der Waals surface area contributed by atoms with E-state index in [1.54, 1.807) is 11.3 Å². The van der Waals surface area contributed by atoms with Crippen LogP contribution in [0.1, 0.15) is 30.5 Å². The monoisotopic (exact) mass is 239 g/mol. The summed E-state index contributed by atoms with van der Waals surface area (Å²) in [6.07, 6.45) is 1.08. The van der Waals surface area contributed by atoms with Crippen LogP contribution in [0.5, 0.6) is 0 Å². The van der Waals surface area contributed by atoms with E-state index in [1.807, 2.05) is 0 Å². The summed E-state index contributed by atoms with van der Waals surface area (Å²) in [6, 6.07) is 0.607. The maximum Gasteiger partial charge on any atom is 0.0953 e. The van der Waals surface area contributed by atoms with Crippen LogP contribution in [0.4, 0.5) is 0 Å². The van der Waals surface area contributed by atoms with Gasteiger partial charge in [0.15, 0.2) is 0 Å². The van der Waals surface area contributed by atoms with Crippen molar-refractivity contribution in [3.05, 3.63) is 16.1 Å². The molecule has 90 valence electrons. The van der Waals surface area contributed by atoms with E-state index in [2.05, 4.69) is 36.5 Å². The van der Waals surface area contributed by atoms with Crippen LogP contribution in [0, 0.1) is 0 Å². The molecule has 1 aliphatic heterocycles. The molecule has 1 aromatic heterocycles. The highest BCUT2D eigenvalue weighted by Gasteiger charge is 2.20. The fourth-order valence-electron chi connectivity index (χ4n) is 2.01. The van der Waals surface area contributed by atoms with Gasteiger partial charge in [-0.2, -0.15) is 0 Å². The van der Waals surface area contributed by atoms with Gasteiger partial charge in [0, 0.05) is 43.4 Å². The van der Waals surface area contributed by atoms with Gasteiger partial charge < -0.3 is 10.2 Å². The lowest BCUT2D eigenvalue weighted by Gasteiger charge is -2.32. The van der Waals surface area contributed by atoms with E-state index >= 15 is 0 Å². The van der Waals surface area contributed by atoms with Crippen LogP contribution in [0.25, 0.3) is 0 Å². The average Bonchev–Trinajstić information content (AvgIpc) is 2.70. The summed E-state index contributed by atoms with van der Waals surface area (Å²) in [5.74, 6) is 0.556. The lowest BCUT2D eigenvalue weighted by Crippen LogP contribution is -2.50. The van der Waals surface area contributed by atoms with Crippen molar-refractivity contribution < 1.29 is 0 Å². The zero-order valence-electron chi connectivity index (χ0n) is 10.4. The molecule has 2 rings (SSSR count). The first-order chi connectivity index (χ1) is 7.66. The van der Waals surface area contributed by atoms with Crippen molar-refractivity contribution in [1.29, 1.82) is 0 Å². The second-order valence-electron chi connectivity index (χ2n) is 4.87. The molecule has 1 atom stereocenters. The van der Waals surface area contributed by atoms with Crippen molar-refractivity contribution >= 4 is 11.3 Å². The molecular formula is C12H21N3S. The summed E-state index contributed by atoms with van der Waals surface area (Å²) < 4.78 is 0. The first kappa shape index (κ1) is 12.0. The van der Waals surface area contributed by atoms with Crippen LogP contribution in [-0.4, -0.2) is 42.6 Å². The van der Waals surface area contributed by atoms with Crippen LogP contribution >= 0.6 is 11.3 Å². The van der Waals surface area contributed by atoms with E-state index in [0.29, 0.717) is 12.0 Å². The molecular weight excluding hydrogens is 218 g/mol.